The molecule has 100 valence electrons. The maximum absolute atomic E-state index is 11.5. The smallest absolute Gasteiger partial charge is 0.234 e. The van der Waals surface area contributed by atoms with E-state index in [1.165, 1.54) is 32.1 Å². The molecule has 0 bridgehead atoms. The molecule has 1 amide bonds. The van der Waals surface area contributed by atoms with E-state index in [2.05, 4.69) is 5.32 Å². The van der Waals surface area contributed by atoms with Gasteiger partial charge in [0.15, 0.2) is 6.23 Å². The van der Waals surface area contributed by atoms with Gasteiger partial charge < -0.3 is 10.4 Å². The molecule has 0 saturated heterocycles. The third-order valence-electron chi connectivity index (χ3n) is 3.11. The molecule has 1 rings (SSSR count). The average molecular weight is 303 g/mol. The van der Waals surface area contributed by atoms with E-state index in [4.69, 9.17) is 34.8 Å². The summed E-state index contributed by atoms with van der Waals surface area (Å²) in [6.07, 6.45) is 5.97. The first-order chi connectivity index (χ1) is 7.89. The number of nitrogens with one attached hydrogen (secondary N) is 1. The third-order valence-corrected chi connectivity index (χ3v) is 3.73. The summed E-state index contributed by atoms with van der Waals surface area (Å²) >= 11 is 16.3. The number of hydrogen-bond acceptors (Lipinski definition) is 2. The van der Waals surface area contributed by atoms with E-state index < -0.39 is 10.0 Å². The molecule has 3 nitrogen and oxygen atoms in total. The molecule has 0 unspecified atom stereocenters. The van der Waals surface area contributed by atoms with Gasteiger partial charge in [0.1, 0.15) is 0 Å². The van der Waals surface area contributed by atoms with Gasteiger partial charge in [0.2, 0.25) is 9.70 Å². The first-order valence-corrected chi connectivity index (χ1v) is 7.07. The number of aliphatic hydroxyl groups is 1. The Kier molecular flexibility index (Phi) is 6.35. The number of aliphatic hydroxyl groups excluding tert-OH is 1. The number of carbonyl (C=O) groups excluding carboxylic acids is 1. The average Bonchev–Trinajstić information content (AvgIpc) is 2.26. The molecule has 6 heteroatoms. The third kappa shape index (κ3) is 6.14. The monoisotopic (exact) mass is 301 g/mol. The lowest BCUT2D eigenvalue weighted by atomic mass is 9.86. The highest BCUT2D eigenvalue weighted by atomic mass is 35.6. The molecule has 0 aromatic carbocycles. The van der Waals surface area contributed by atoms with Crippen molar-refractivity contribution in [1.82, 2.24) is 5.32 Å². The lowest BCUT2D eigenvalue weighted by molar-refractivity contribution is -0.124. The Labute approximate surface area is 117 Å². The van der Waals surface area contributed by atoms with Crippen molar-refractivity contribution < 1.29 is 9.90 Å². The minimum absolute atomic E-state index is 0.269. The highest BCUT2D eigenvalue weighted by Crippen LogP contribution is 2.29. The van der Waals surface area contributed by atoms with Gasteiger partial charge in [-0.05, 0) is 12.3 Å². The van der Waals surface area contributed by atoms with Gasteiger partial charge in [-0.1, -0.05) is 66.9 Å². The van der Waals surface area contributed by atoms with Crippen molar-refractivity contribution in [2.45, 2.75) is 55.0 Å². The first-order valence-electron chi connectivity index (χ1n) is 5.93. The molecule has 0 radical (unpaired) electrons. The molecule has 0 aromatic heterocycles. The summed E-state index contributed by atoms with van der Waals surface area (Å²) in [6.45, 7) is 0. The molecule has 0 heterocycles. The number of amides is 1. The predicted octanol–water partition coefficient (Wildman–Crippen LogP) is 3.15. The zero-order chi connectivity index (χ0) is 12.9. The van der Waals surface area contributed by atoms with Gasteiger partial charge in [0.25, 0.3) is 0 Å². The van der Waals surface area contributed by atoms with Crippen LogP contribution in [0.25, 0.3) is 0 Å². The van der Waals surface area contributed by atoms with Crippen LogP contribution in [0.5, 0.6) is 0 Å². The van der Waals surface area contributed by atoms with E-state index in [0.717, 1.165) is 6.42 Å². The van der Waals surface area contributed by atoms with Crippen LogP contribution in [0, 0.1) is 5.92 Å². The van der Waals surface area contributed by atoms with Crippen LogP contribution in [0.1, 0.15) is 44.9 Å². The number of alkyl halides is 3. The summed E-state index contributed by atoms with van der Waals surface area (Å²) < 4.78 is -1.87. The van der Waals surface area contributed by atoms with Crippen molar-refractivity contribution in [3.8, 4) is 0 Å². The maximum atomic E-state index is 11.5. The molecule has 0 aromatic rings. The van der Waals surface area contributed by atoms with Crippen LogP contribution in [0.3, 0.4) is 0 Å². The second kappa shape index (κ2) is 7.03. The zero-order valence-corrected chi connectivity index (χ0v) is 11.9. The van der Waals surface area contributed by atoms with Crippen molar-refractivity contribution in [3.63, 3.8) is 0 Å². The SMILES string of the molecule is O=C(CCC1CCCCC1)N[C@@H](O)C(Cl)(Cl)Cl. The van der Waals surface area contributed by atoms with E-state index in [1.54, 1.807) is 0 Å². The van der Waals surface area contributed by atoms with Crippen molar-refractivity contribution in [2.75, 3.05) is 0 Å². The first kappa shape index (κ1) is 15.4. The van der Waals surface area contributed by atoms with Crippen molar-refractivity contribution >= 4 is 40.7 Å². The molecule has 17 heavy (non-hydrogen) atoms. The zero-order valence-electron chi connectivity index (χ0n) is 9.59. The second-order valence-corrected chi connectivity index (χ2v) is 6.92. The summed E-state index contributed by atoms with van der Waals surface area (Å²) in [5.41, 5.74) is 0. The molecular weight excluding hydrogens is 284 g/mol. The van der Waals surface area contributed by atoms with Crippen molar-refractivity contribution in [1.29, 1.82) is 0 Å². The number of carbonyl (C=O) groups is 1. The number of hydrogen-bond donors (Lipinski definition) is 2. The Balaban J connectivity index is 2.20. The van der Waals surface area contributed by atoms with Crippen LogP contribution in [0.4, 0.5) is 0 Å². The fraction of sp³-hybridized carbons (Fsp3) is 0.909. The molecule has 1 aliphatic carbocycles. The van der Waals surface area contributed by atoms with Crippen LogP contribution in [0.2, 0.25) is 0 Å². The number of halogens is 3. The Hall–Kier alpha value is 0.300. The van der Waals surface area contributed by atoms with Crippen LogP contribution < -0.4 is 5.32 Å². The van der Waals surface area contributed by atoms with Gasteiger partial charge >= 0.3 is 0 Å². The normalized spacial score (nSPS) is 20.0. The summed E-state index contributed by atoms with van der Waals surface area (Å²) in [4.78, 5) is 11.5. The van der Waals surface area contributed by atoms with Gasteiger partial charge in [-0.3, -0.25) is 4.79 Å². The van der Waals surface area contributed by atoms with Crippen LogP contribution in [-0.2, 0) is 4.79 Å². The fourth-order valence-corrected chi connectivity index (χ4v) is 2.28. The molecule has 2 N–H and O–H groups in total. The van der Waals surface area contributed by atoms with E-state index in [-0.39, 0.29) is 5.91 Å². The Morgan fingerprint density at radius 1 is 1.29 bits per heavy atom. The maximum Gasteiger partial charge on any atom is 0.234 e. The Morgan fingerprint density at radius 3 is 2.41 bits per heavy atom. The van der Waals surface area contributed by atoms with Crippen LogP contribution in [0.15, 0.2) is 0 Å². The van der Waals surface area contributed by atoms with E-state index in [1.807, 2.05) is 0 Å². The lowest BCUT2D eigenvalue weighted by Gasteiger charge is -2.23. The Bertz CT molecular complexity index is 250. The minimum atomic E-state index is -1.87. The predicted molar refractivity (Wildman–Crippen MR) is 70.2 cm³/mol. The topological polar surface area (TPSA) is 49.3 Å². The van der Waals surface area contributed by atoms with Crippen molar-refractivity contribution in [2.24, 2.45) is 5.92 Å². The quantitative estimate of drug-likeness (QED) is 0.619. The van der Waals surface area contributed by atoms with Gasteiger partial charge in [-0.2, -0.15) is 0 Å². The standard InChI is InChI=1S/C11H18Cl3NO2/c12-11(13,14)10(17)15-9(16)7-6-8-4-2-1-3-5-8/h8,10,17H,1-7H2,(H,15,16)/t10-/m0/s1. The van der Waals surface area contributed by atoms with Gasteiger partial charge in [-0.15, -0.1) is 0 Å². The molecule has 1 saturated carbocycles. The van der Waals surface area contributed by atoms with Crippen LogP contribution >= 0.6 is 34.8 Å². The molecule has 1 atom stereocenters. The Morgan fingerprint density at radius 2 is 1.88 bits per heavy atom. The number of rotatable bonds is 4. The highest BCUT2D eigenvalue weighted by Gasteiger charge is 2.32. The summed E-state index contributed by atoms with van der Waals surface area (Å²) in [7, 11) is 0. The highest BCUT2D eigenvalue weighted by molar-refractivity contribution is 6.68. The van der Waals surface area contributed by atoms with E-state index in [9.17, 15) is 9.90 Å². The molecule has 1 fully saturated rings. The summed E-state index contributed by atoms with van der Waals surface area (Å²) in [6, 6.07) is 0. The van der Waals surface area contributed by atoms with E-state index in [0.29, 0.717) is 12.3 Å². The lowest BCUT2D eigenvalue weighted by Crippen LogP contribution is -2.43. The molecule has 1 aliphatic rings. The summed E-state index contributed by atoms with van der Waals surface area (Å²) in [5.74, 6) is 0.355. The van der Waals surface area contributed by atoms with Crippen LogP contribution in [-0.4, -0.2) is 21.0 Å². The van der Waals surface area contributed by atoms with Gasteiger partial charge in [-0.25, -0.2) is 0 Å². The fourth-order valence-electron chi connectivity index (χ4n) is 2.12. The minimum Gasteiger partial charge on any atom is -0.369 e. The van der Waals surface area contributed by atoms with E-state index >= 15 is 0 Å². The van der Waals surface area contributed by atoms with Gasteiger partial charge in [0, 0.05) is 6.42 Å². The molecular formula is C11H18Cl3NO2. The van der Waals surface area contributed by atoms with Gasteiger partial charge in [0.05, 0.1) is 0 Å². The summed E-state index contributed by atoms with van der Waals surface area (Å²) in [5, 5.41) is 11.6. The second-order valence-electron chi connectivity index (χ2n) is 4.55. The molecule has 0 spiro atoms. The van der Waals surface area contributed by atoms with Crippen molar-refractivity contribution in [3.05, 3.63) is 0 Å². The largest absolute Gasteiger partial charge is 0.369 e. The molecule has 0 aliphatic heterocycles.